The highest BCUT2D eigenvalue weighted by Crippen LogP contribution is 2.10. The van der Waals surface area contributed by atoms with E-state index in [4.69, 9.17) is 0 Å². The van der Waals surface area contributed by atoms with Crippen molar-refractivity contribution in [2.24, 2.45) is 5.10 Å². The first-order valence-corrected chi connectivity index (χ1v) is 8.30. The Morgan fingerprint density at radius 2 is 1.68 bits per heavy atom. The fraction of sp³-hybridized carbons (Fsp3) is 0.118. The van der Waals surface area contributed by atoms with E-state index in [0.717, 1.165) is 16.7 Å². The van der Waals surface area contributed by atoms with Crippen molar-refractivity contribution >= 4 is 22.3 Å². The first kappa shape index (κ1) is 16.0. The first-order valence-electron chi connectivity index (χ1n) is 6.82. The van der Waals surface area contributed by atoms with Crippen LogP contribution in [0.3, 0.4) is 0 Å². The molecule has 5 heteroatoms. The van der Waals surface area contributed by atoms with E-state index in [1.807, 2.05) is 50.3 Å². The van der Waals surface area contributed by atoms with Crippen LogP contribution >= 0.6 is 0 Å². The maximum atomic E-state index is 12.0. The van der Waals surface area contributed by atoms with Crippen LogP contribution in [0.1, 0.15) is 18.1 Å². The van der Waals surface area contributed by atoms with Gasteiger partial charge in [0.1, 0.15) is 0 Å². The average Bonchev–Trinajstić information content (AvgIpc) is 2.48. The third-order valence-electron chi connectivity index (χ3n) is 2.97. The number of aryl methyl sites for hydroxylation is 1. The predicted molar refractivity (Wildman–Crippen MR) is 90.1 cm³/mol. The zero-order valence-electron chi connectivity index (χ0n) is 12.5. The maximum absolute atomic E-state index is 12.0. The number of hydrogen-bond acceptors (Lipinski definition) is 3. The quantitative estimate of drug-likeness (QED) is 0.679. The van der Waals surface area contributed by atoms with Gasteiger partial charge in [0.25, 0.3) is 10.0 Å². The van der Waals surface area contributed by atoms with Gasteiger partial charge in [0.15, 0.2) is 0 Å². The molecule has 2 aromatic rings. The third kappa shape index (κ3) is 4.56. The molecule has 4 nitrogen and oxygen atoms in total. The van der Waals surface area contributed by atoms with Crippen LogP contribution in [0.4, 0.5) is 0 Å². The van der Waals surface area contributed by atoms with Gasteiger partial charge in [-0.1, -0.05) is 54.1 Å². The van der Waals surface area contributed by atoms with E-state index in [-0.39, 0.29) is 4.90 Å². The van der Waals surface area contributed by atoms with E-state index in [9.17, 15) is 8.42 Å². The molecule has 0 heterocycles. The van der Waals surface area contributed by atoms with Crippen LogP contribution in [0.15, 0.2) is 70.2 Å². The van der Waals surface area contributed by atoms with E-state index in [1.54, 1.807) is 24.3 Å². The van der Waals surface area contributed by atoms with Gasteiger partial charge in [-0.25, -0.2) is 4.83 Å². The summed E-state index contributed by atoms with van der Waals surface area (Å²) in [5, 5.41) is 3.81. The number of benzene rings is 2. The average molecular weight is 314 g/mol. The van der Waals surface area contributed by atoms with Gasteiger partial charge in [-0.2, -0.15) is 13.5 Å². The Morgan fingerprint density at radius 1 is 1.05 bits per heavy atom. The van der Waals surface area contributed by atoms with E-state index < -0.39 is 10.0 Å². The fourth-order valence-corrected chi connectivity index (χ4v) is 2.61. The zero-order chi connectivity index (χ0) is 16.0. The molecule has 1 N–H and O–H groups in total. The number of nitrogens with zero attached hydrogens (tertiary/aromatic N) is 1. The highest BCUT2D eigenvalue weighted by Gasteiger charge is 2.11. The van der Waals surface area contributed by atoms with Gasteiger partial charge >= 0.3 is 0 Å². The van der Waals surface area contributed by atoms with Crippen molar-refractivity contribution in [1.82, 2.24) is 4.83 Å². The zero-order valence-corrected chi connectivity index (χ0v) is 13.3. The number of sulfonamides is 1. The molecule has 0 aliphatic carbocycles. The van der Waals surface area contributed by atoms with Gasteiger partial charge < -0.3 is 0 Å². The lowest BCUT2D eigenvalue weighted by Gasteiger charge is -2.03. The molecule has 114 valence electrons. The van der Waals surface area contributed by atoms with Crippen LogP contribution in [-0.4, -0.2) is 14.6 Å². The SMILES string of the molecule is CC(C=NNS(=O)(=O)c1ccc(C)cc1)=Cc1ccccc1. The van der Waals surface area contributed by atoms with Crippen LogP contribution in [0.5, 0.6) is 0 Å². The Balaban J connectivity index is 2.05. The summed E-state index contributed by atoms with van der Waals surface area (Å²) in [6.45, 7) is 3.76. The lowest BCUT2D eigenvalue weighted by atomic mass is 10.1. The molecule has 0 aromatic heterocycles. The summed E-state index contributed by atoms with van der Waals surface area (Å²) in [6.07, 6.45) is 3.41. The van der Waals surface area contributed by atoms with Gasteiger partial charge in [-0.15, -0.1) is 0 Å². The molecule has 2 aromatic carbocycles. The van der Waals surface area contributed by atoms with Crippen molar-refractivity contribution in [3.63, 3.8) is 0 Å². The van der Waals surface area contributed by atoms with Gasteiger partial charge in [0, 0.05) is 0 Å². The van der Waals surface area contributed by atoms with Crippen molar-refractivity contribution in [2.45, 2.75) is 18.7 Å². The first-order chi connectivity index (χ1) is 10.5. The highest BCUT2D eigenvalue weighted by molar-refractivity contribution is 7.89. The van der Waals surface area contributed by atoms with E-state index in [1.165, 1.54) is 6.21 Å². The molecule has 0 fully saturated rings. The molecule has 2 rings (SSSR count). The minimum absolute atomic E-state index is 0.194. The number of rotatable bonds is 5. The Morgan fingerprint density at radius 3 is 2.32 bits per heavy atom. The van der Waals surface area contributed by atoms with Crippen molar-refractivity contribution < 1.29 is 8.42 Å². The molecule has 0 aliphatic heterocycles. The Hall–Kier alpha value is -2.40. The summed E-state index contributed by atoms with van der Waals surface area (Å²) in [5.41, 5.74) is 2.88. The van der Waals surface area contributed by atoms with E-state index >= 15 is 0 Å². The van der Waals surface area contributed by atoms with Crippen molar-refractivity contribution in [3.8, 4) is 0 Å². The van der Waals surface area contributed by atoms with Crippen molar-refractivity contribution in [2.75, 3.05) is 0 Å². The lowest BCUT2D eigenvalue weighted by Crippen LogP contribution is -2.18. The number of allylic oxidation sites excluding steroid dienone is 1. The summed E-state index contributed by atoms with van der Waals surface area (Å²) in [7, 11) is -3.62. The largest absolute Gasteiger partial charge is 0.276 e. The van der Waals surface area contributed by atoms with Gasteiger partial charge in [0.2, 0.25) is 0 Å². The van der Waals surface area contributed by atoms with Crippen molar-refractivity contribution in [3.05, 3.63) is 71.3 Å². The van der Waals surface area contributed by atoms with Gasteiger partial charge in [-0.05, 0) is 37.1 Å². The molecule has 0 atom stereocenters. The number of nitrogens with one attached hydrogen (secondary N) is 1. The van der Waals surface area contributed by atoms with E-state index in [2.05, 4.69) is 9.93 Å². The van der Waals surface area contributed by atoms with E-state index in [0.29, 0.717) is 0 Å². The summed E-state index contributed by atoms with van der Waals surface area (Å²) in [4.78, 5) is 2.41. The molecule has 0 saturated carbocycles. The smallest absolute Gasteiger partial charge is 0.200 e. The summed E-state index contributed by atoms with van der Waals surface area (Å²) < 4.78 is 24.1. The summed E-state index contributed by atoms with van der Waals surface area (Å²) in [5.74, 6) is 0. The molecule has 0 amide bonds. The topological polar surface area (TPSA) is 58.5 Å². The molecule has 0 radical (unpaired) electrons. The number of hydrazone groups is 1. The summed E-state index contributed by atoms with van der Waals surface area (Å²) >= 11 is 0. The Labute approximate surface area is 131 Å². The molecular formula is C17H18N2O2S. The predicted octanol–water partition coefficient (Wildman–Crippen LogP) is 3.36. The molecular weight excluding hydrogens is 296 g/mol. The second-order valence-electron chi connectivity index (χ2n) is 4.97. The van der Waals surface area contributed by atoms with Crippen LogP contribution in [0.25, 0.3) is 6.08 Å². The molecule has 0 unspecified atom stereocenters. The molecule has 0 spiro atoms. The minimum Gasteiger partial charge on any atom is -0.200 e. The van der Waals surface area contributed by atoms with Crippen LogP contribution in [-0.2, 0) is 10.0 Å². The summed E-state index contributed by atoms with van der Waals surface area (Å²) in [6, 6.07) is 16.4. The van der Waals surface area contributed by atoms with Crippen LogP contribution in [0.2, 0.25) is 0 Å². The second-order valence-corrected chi connectivity index (χ2v) is 6.63. The van der Waals surface area contributed by atoms with Crippen molar-refractivity contribution in [1.29, 1.82) is 0 Å². The molecule has 22 heavy (non-hydrogen) atoms. The van der Waals surface area contributed by atoms with Gasteiger partial charge in [-0.3, -0.25) is 0 Å². The highest BCUT2D eigenvalue weighted by atomic mass is 32.2. The fourth-order valence-electron chi connectivity index (χ4n) is 1.82. The molecule has 0 saturated heterocycles. The molecule has 0 bridgehead atoms. The maximum Gasteiger partial charge on any atom is 0.276 e. The lowest BCUT2D eigenvalue weighted by molar-refractivity contribution is 0.584. The second kappa shape index (κ2) is 7.04. The van der Waals surface area contributed by atoms with Crippen LogP contribution < -0.4 is 4.83 Å². The van der Waals surface area contributed by atoms with Crippen LogP contribution in [0, 0.1) is 6.92 Å². The number of hydrogen-bond donors (Lipinski definition) is 1. The molecule has 0 aliphatic rings. The third-order valence-corrected chi connectivity index (χ3v) is 4.20. The standard InChI is InChI=1S/C17H18N2O2S/c1-14-8-10-17(11-9-14)22(20,21)19-18-13-15(2)12-16-6-4-3-5-7-16/h3-13,19H,1-2H3. The minimum atomic E-state index is -3.62. The normalized spacial score (nSPS) is 12.5. The Bertz CT molecular complexity index is 777. The Kier molecular flexibility index (Phi) is 5.12. The van der Waals surface area contributed by atoms with Gasteiger partial charge in [0.05, 0.1) is 11.1 Å². The monoisotopic (exact) mass is 314 g/mol.